The highest BCUT2D eigenvalue weighted by Crippen LogP contribution is 2.21. The Labute approximate surface area is 83.8 Å². The van der Waals surface area contributed by atoms with Crippen molar-refractivity contribution in [2.75, 3.05) is 0 Å². The van der Waals surface area contributed by atoms with E-state index in [0.717, 1.165) is 12.1 Å². The standard InChI is InChI=1S/C12H14N2/c1-2-9-4-3-5-10-6-7-14-11(8-13)12(9)10/h3-7H,2,8,13H2,1H3. The fourth-order valence-electron chi connectivity index (χ4n) is 1.83. The molecule has 0 atom stereocenters. The first kappa shape index (κ1) is 9.16. The van der Waals surface area contributed by atoms with Gasteiger partial charge < -0.3 is 5.73 Å². The molecule has 2 N–H and O–H groups in total. The molecule has 1 aromatic carbocycles. The molecule has 1 heterocycles. The van der Waals surface area contributed by atoms with Gasteiger partial charge in [0.2, 0.25) is 0 Å². The van der Waals surface area contributed by atoms with E-state index in [9.17, 15) is 0 Å². The molecule has 2 nitrogen and oxygen atoms in total. The van der Waals surface area contributed by atoms with E-state index in [-0.39, 0.29) is 0 Å². The van der Waals surface area contributed by atoms with Gasteiger partial charge in [-0.2, -0.15) is 0 Å². The first-order valence-corrected chi connectivity index (χ1v) is 4.92. The molecule has 0 saturated heterocycles. The number of pyridine rings is 1. The largest absolute Gasteiger partial charge is 0.325 e. The van der Waals surface area contributed by atoms with Crippen LogP contribution in [0.4, 0.5) is 0 Å². The van der Waals surface area contributed by atoms with Gasteiger partial charge in [-0.1, -0.05) is 25.1 Å². The fourth-order valence-corrected chi connectivity index (χ4v) is 1.83. The van der Waals surface area contributed by atoms with Gasteiger partial charge >= 0.3 is 0 Å². The highest BCUT2D eigenvalue weighted by molar-refractivity contribution is 5.87. The Kier molecular flexibility index (Phi) is 2.46. The van der Waals surface area contributed by atoms with E-state index in [2.05, 4.69) is 30.1 Å². The Morgan fingerprint density at radius 3 is 2.86 bits per heavy atom. The van der Waals surface area contributed by atoms with Crippen molar-refractivity contribution in [3.05, 3.63) is 41.7 Å². The second-order valence-corrected chi connectivity index (χ2v) is 3.33. The second kappa shape index (κ2) is 3.76. The van der Waals surface area contributed by atoms with Crippen molar-refractivity contribution in [2.24, 2.45) is 5.73 Å². The molecule has 0 unspecified atom stereocenters. The minimum absolute atomic E-state index is 0.508. The molecule has 0 spiro atoms. The highest BCUT2D eigenvalue weighted by atomic mass is 14.7. The number of nitrogens with zero attached hydrogens (tertiary/aromatic N) is 1. The molecular weight excluding hydrogens is 172 g/mol. The zero-order chi connectivity index (χ0) is 9.97. The van der Waals surface area contributed by atoms with Gasteiger partial charge in [0.15, 0.2) is 0 Å². The first-order chi connectivity index (χ1) is 6.86. The number of aromatic nitrogens is 1. The summed E-state index contributed by atoms with van der Waals surface area (Å²) in [4.78, 5) is 4.31. The van der Waals surface area contributed by atoms with Gasteiger partial charge in [-0.15, -0.1) is 0 Å². The van der Waals surface area contributed by atoms with Crippen LogP contribution in [0.1, 0.15) is 18.2 Å². The number of rotatable bonds is 2. The van der Waals surface area contributed by atoms with Crippen LogP contribution in [-0.2, 0) is 13.0 Å². The van der Waals surface area contributed by atoms with Crippen molar-refractivity contribution < 1.29 is 0 Å². The van der Waals surface area contributed by atoms with E-state index in [1.54, 1.807) is 0 Å². The summed E-state index contributed by atoms with van der Waals surface area (Å²) < 4.78 is 0. The van der Waals surface area contributed by atoms with Gasteiger partial charge in [0.1, 0.15) is 0 Å². The quantitative estimate of drug-likeness (QED) is 0.781. The molecule has 0 saturated carbocycles. The van der Waals surface area contributed by atoms with Gasteiger partial charge in [0, 0.05) is 18.1 Å². The summed E-state index contributed by atoms with van der Waals surface area (Å²) in [5.74, 6) is 0. The van der Waals surface area contributed by atoms with Crippen molar-refractivity contribution in [3.8, 4) is 0 Å². The summed E-state index contributed by atoms with van der Waals surface area (Å²) in [6.07, 6.45) is 2.85. The minimum Gasteiger partial charge on any atom is -0.325 e. The second-order valence-electron chi connectivity index (χ2n) is 3.33. The molecule has 0 fully saturated rings. The topological polar surface area (TPSA) is 38.9 Å². The Hall–Kier alpha value is -1.41. The van der Waals surface area contributed by atoms with E-state index in [4.69, 9.17) is 5.73 Å². The number of aryl methyl sites for hydroxylation is 1. The number of nitrogens with two attached hydrogens (primary N) is 1. The number of hydrogen-bond acceptors (Lipinski definition) is 2. The van der Waals surface area contributed by atoms with Crippen molar-refractivity contribution in [1.82, 2.24) is 4.98 Å². The summed E-state index contributed by atoms with van der Waals surface area (Å²) in [7, 11) is 0. The molecule has 14 heavy (non-hydrogen) atoms. The summed E-state index contributed by atoms with van der Waals surface area (Å²) in [5, 5.41) is 2.47. The summed E-state index contributed by atoms with van der Waals surface area (Å²) >= 11 is 0. The van der Waals surface area contributed by atoms with Crippen LogP contribution >= 0.6 is 0 Å². The maximum absolute atomic E-state index is 5.68. The smallest absolute Gasteiger partial charge is 0.0620 e. The van der Waals surface area contributed by atoms with E-state index in [1.165, 1.54) is 16.3 Å². The van der Waals surface area contributed by atoms with Crippen molar-refractivity contribution in [3.63, 3.8) is 0 Å². The average Bonchev–Trinajstić information content (AvgIpc) is 2.27. The molecule has 0 amide bonds. The maximum Gasteiger partial charge on any atom is 0.0620 e. The Balaban J connectivity index is 2.81. The lowest BCUT2D eigenvalue weighted by molar-refractivity contribution is 1.00. The van der Waals surface area contributed by atoms with E-state index >= 15 is 0 Å². The zero-order valence-electron chi connectivity index (χ0n) is 8.33. The lowest BCUT2D eigenvalue weighted by Gasteiger charge is -2.07. The van der Waals surface area contributed by atoms with Gasteiger partial charge in [-0.05, 0) is 23.4 Å². The molecule has 2 aromatic rings. The minimum atomic E-state index is 0.508. The van der Waals surface area contributed by atoms with Crippen molar-refractivity contribution in [2.45, 2.75) is 19.9 Å². The van der Waals surface area contributed by atoms with Crippen LogP contribution in [0.2, 0.25) is 0 Å². The lowest BCUT2D eigenvalue weighted by atomic mass is 10.0. The van der Waals surface area contributed by atoms with Crippen LogP contribution in [0.25, 0.3) is 10.8 Å². The number of hydrogen-bond donors (Lipinski definition) is 1. The van der Waals surface area contributed by atoms with E-state index in [1.807, 2.05) is 12.3 Å². The van der Waals surface area contributed by atoms with Crippen LogP contribution in [0.5, 0.6) is 0 Å². The predicted molar refractivity (Wildman–Crippen MR) is 59.0 cm³/mol. The average molecular weight is 186 g/mol. The number of benzene rings is 1. The van der Waals surface area contributed by atoms with Gasteiger partial charge in [-0.3, -0.25) is 4.98 Å². The number of fused-ring (bicyclic) bond motifs is 1. The molecule has 1 aromatic heterocycles. The lowest BCUT2D eigenvalue weighted by Crippen LogP contribution is -2.01. The molecule has 0 aliphatic rings. The molecule has 0 aliphatic carbocycles. The third kappa shape index (κ3) is 1.38. The zero-order valence-corrected chi connectivity index (χ0v) is 8.33. The first-order valence-electron chi connectivity index (χ1n) is 4.92. The molecule has 0 radical (unpaired) electrons. The Bertz CT molecular complexity index is 410. The SMILES string of the molecule is CCc1cccc2ccnc(CN)c12. The molecule has 2 heteroatoms. The van der Waals surface area contributed by atoms with E-state index < -0.39 is 0 Å². The van der Waals surface area contributed by atoms with Crippen LogP contribution in [0.15, 0.2) is 30.5 Å². The van der Waals surface area contributed by atoms with Gasteiger partial charge in [0.05, 0.1) is 5.69 Å². The molecule has 72 valence electrons. The van der Waals surface area contributed by atoms with Crippen molar-refractivity contribution in [1.29, 1.82) is 0 Å². The maximum atomic E-state index is 5.68. The van der Waals surface area contributed by atoms with Crippen LogP contribution in [-0.4, -0.2) is 4.98 Å². The monoisotopic (exact) mass is 186 g/mol. The van der Waals surface area contributed by atoms with Crippen LogP contribution in [0.3, 0.4) is 0 Å². The molecule has 0 aliphatic heterocycles. The van der Waals surface area contributed by atoms with Crippen molar-refractivity contribution >= 4 is 10.8 Å². The third-order valence-electron chi connectivity index (χ3n) is 2.53. The highest BCUT2D eigenvalue weighted by Gasteiger charge is 2.04. The summed E-state index contributed by atoms with van der Waals surface area (Å²) in [5.41, 5.74) is 8.01. The summed E-state index contributed by atoms with van der Waals surface area (Å²) in [6.45, 7) is 2.66. The molecular formula is C12H14N2. The van der Waals surface area contributed by atoms with Crippen LogP contribution in [0, 0.1) is 0 Å². The Morgan fingerprint density at radius 1 is 1.29 bits per heavy atom. The van der Waals surface area contributed by atoms with E-state index in [0.29, 0.717) is 6.54 Å². The summed E-state index contributed by atoms with van der Waals surface area (Å²) in [6, 6.07) is 8.37. The fraction of sp³-hybridized carbons (Fsp3) is 0.250. The molecule has 0 bridgehead atoms. The van der Waals surface area contributed by atoms with Gasteiger partial charge in [-0.25, -0.2) is 0 Å². The Morgan fingerprint density at radius 2 is 2.14 bits per heavy atom. The third-order valence-corrected chi connectivity index (χ3v) is 2.53. The van der Waals surface area contributed by atoms with Crippen LogP contribution < -0.4 is 5.73 Å². The predicted octanol–water partition coefficient (Wildman–Crippen LogP) is 2.26. The molecule has 2 rings (SSSR count). The normalized spacial score (nSPS) is 10.7. The van der Waals surface area contributed by atoms with Gasteiger partial charge in [0.25, 0.3) is 0 Å².